The average Bonchev–Trinajstić information content (AvgIpc) is 2.25. The van der Waals surface area contributed by atoms with Gasteiger partial charge in [-0.2, -0.15) is 43.9 Å². The Balaban J connectivity index is 3.83. The van der Waals surface area contributed by atoms with E-state index < -0.39 is 41.6 Å². The topological polar surface area (TPSA) is 20.2 Å². The van der Waals surface area contributed by atoms with Crippen LogP contribution in [0.4, 0.5) is 52.7 Å². The van der Waals surface area contributed by atoms with Crippen LogP contribution >= 0.6 is 0 Å². The highest BCUT2D eigenvalue weighted by molar-refractivity contribution is 5.20. The van der Waals surface area contributed by atoms with Gasteiger partial charge in [-0.15, -0.1) is 0 Å². The summed E-state index contributed by atoms with van der Waals surface area (Å²) in [6, 6.07) is 0. The van der Waals surface area contributed by atoms with Crippen LogP contribution in [-0.2, 0) is 0 Å². The van der Waals surface area contributed by atoms with E-state index in [0.29, 0.717) is 0 Å². The van der Waals surface area contributed by atoms with Crippen molar-refractivity contribution in [2.75, 3.05) is 0 Å². The Bertz CT molecular complexity index is 374. The van der Waals surface area contributed by atoms with E-state index in [4.69, 9.17) is 5.11 Å². The number of rotatable bonds is 0. The van der Waals surface area contributed by atoms with Crippen LogP contribution in [0.1, 0.15) is 0 Å². The zero-order valence-corrected chi connectivity index (χ0v) is 8.56. The lowest BCUT2D eigenvalue weighted by molar-refractivity contribution is -0.403. The molecule has 1 N–H and O–H groups in total. The van der Waals surface area contributed by atoms with Crippen molar-refractivity contribution in [3.8, 4) is 0 Å². The van der Waals surface area contributed by atoms with Gasteiger partial charge < -0.3 is 5.11 Å². The molecule has 0 saturated heterocycles. The first-order valence-corrected chi connectivity index (χ1v) is 4.35. The van der Waals surface area contributed by atoms with Crippen LogP contribution in [0.2, 0.25) is 0 Å². The van der Waals surface area contributed by atoms with Gasteiger partial charge in [0.15, 0.2) is 0 Å². The molecule has 2 unspecified atom stereocenters. The first kappa shape index (κ1) is 17.2. The summed E-state index contributed by atoms with van der Waals surface area (Å²) in [5.74, 6) is -43.4. The Hall–Kier alpha value is -0.880. The Morgan fingerprint density at radius 3 is 1.20 bits per heavy atom. The van der Waals surface area contributed by atoms with Crippen LogP contribution < -0.4 is 0 Å². The van der Waals surface area contributed by atoms with Gasteiger partial charge >= 0.3 is 35.5 Å². The first-order chi connectivity index (χ1) is 8.40. The van der Waals surface area contributed by atoms with Gasteiger partial charge in [-0.3, -0.25) is 0 Å². The molecule has 2 atom stereocenters. The van der Waals surface area contributed by atoms with Crippen molar-refractivity contribution in [1.29, 1.82) is 0 Å². The second-order valence-electron chi connectivity index (χ2n) is 3.96. The molecule has 0 amide bonds. The molecule has 20 heavy (non-hydrogen) atoms. The second-order valence-corrected chi connectivity index (χ2v) is 3.96. The van der Waals surface area contributed by atoms with Crippen LogP contribution in [0, 0.1) is 0 Å². The molecule has 0 spiro atoms. The molecule has 0 aliphatic heterocycles. The molecule has 1 aliphatic carbocycles. The number of hydrogen-bond acceptors (Lipinski definition) is 1. The van der Waals surface area contributed by atoms with Gasteiger partial charge in [-0.25, -0.2) is 8.78 Å². The molecule has 0 heterocycles. The monoisotopic (exact) mass is 330 g/mol. The smallest absolute Gasteiger partial charge is 0.355 e. The zero-order chi connectivity index (χ0) is 16.6. The summed E-state index contributed by atoms with van der Waals surface area (Å²) in [6.07, 6.45) is -5.74. The van der Waals surface area contributed by atoms with Crippen molar-refractivity contribution in [2.45, 2.75) is 41.6 Å². The molecular weight excluding hydrogens is 328 g/mol. The number of halogens is 12. The van der Waals surface area contributed by atoms with Gasteiger partial charge in [0.1, 0.15) is 0 Å². The van der Waals surface area contributed by atoms with E-state index in [0.717, 1.165) is 0 Å². The van der Waals surface area contributed by atoms with Gasteiger partial charge in [0.2, 0.25) is 6.17 Å². The SMILES string of the molecule is OC1(F)C(F)C(F)(F)C(F)(F)C(F)(F)C(F)(F)C1(F)F. The Morgan fingerprint density at radius 2 is 0.850 bits per heavy atom. The van der Waals surface area contributed by atoms with Crippen LogP contribution in [0.25, 0.3) is 0 Å². The third kappa shape index (κ3) is 1.41. The summed E-state index contributed by atoms with van der Waals surface area (Å²) in [6.45, 7) is 0. The normalized spacial score (nSPS) is 41.0. The second kappa shape index (κ2) is 3.65. The van der Waals surface area contributed by atoms with Crippen molar-refractivity contribution in [2.24, 2.45) is 0 Å². The van der Waals surface area contributed by atoms with E-state index in [-0.39, 0.29) is 0 Å². The molecule has 0 bridgehead atoms. The van der Waals surface area contributed by atoms with Gasteiger partial charge in [0.05, 0.1) is 0 Å². The van der Waals surface area contributed by atoms with Gasteiger partial charge in [-0.1, -0.05) is 0 Å². The van der Waals surface area contributed by atoms with Crippen LogP contribution in [-0.4, -0.2) is 46.7 Å². The molecule has 1 aliphatic rings. The van der Waals surface area contributed by atoms with Gasteiger partial charge in [0.25, 0.3) is 0 Å². The van der Waals surface area contributed by atoms with Crippen LogP contribution in [0.3, 0.4) is 0 Å². The fourth-order valence-electron chi connectivity index (χ4n) is 1.38. The number of hydrogen-bond donors (Lipinski definition) is 1. The summed E-state index contributed by atoms with van der Waals surface area (Å²) in [7, 11) is 0. The number of alkyl halides is 12. The van der Waals surface area contributed by atoms with Crippen molar-refractivity contribution < 1.29 is 57.8 Å². The van der Waals surface area contributed by atoms with E-state index in [9.17, 15) is 52.7 Å². The van der Waals surface area contributed by atoms with E-state index in [2.05, 4.69) is 0 Å². The summed E-state index contributed by atoms with van der Waals surface area (Å²) in [4.78, 5) is 0. The Labute approximate surface area is 101 Å². The first-order valence-electron chi connectivity index (χ1n) is 4.35. The zero-order valence-electron chi connectivity index (χ0n) is 8.56. The Kier molecular flexibility index (Phi) is 3.14. The summed E-state index contributed by atoms with van der Waals surface area (Å²) in [5, 5.41) is 8.07. The molecule has 0 aromatic heterocycles. The maximum Gasteiger partial charge on any atom is 0.384 e. The van der Waals surface area contributed by atoms with Crippen molar-refractivity contribution >= 4 is 0 Å². The molecule has 0 aromatic rings. The largest absolute Gasteiger partial charge is 0.384 e. The highest BCUT2D eigenvalue weighted by Crippen LogP contribution is 2.65. The minimum Gasteiger partial charge on any atom is -0.355 e. The molecular formula is C7H2F12O. The number of aliphatic hydroxyl groups is 1. The van der Waals surface area contributed by atoms with Gasteiger partial charge in [-0.05, 0) is 0 Å². The van der Waals surface area contributed by atoms with E-state index in [1.54, 1.807) is 0 Å². The van der Waals surface area contributed by atoms with Crippen molar-refractivity contribution in [1.82, 2.24) is 0 Å². The maximum atomic E-state index is 12.8. The maximum absolute atomic E-state index is 12.8. The van der Waals surface area contributed by atoms with E-state index in [1.165, 1.54) is 0 Å². The van der Waals surface area contributed by atoms with Gasteiger partial charge in [0, 0.05) is 0 Å². The molecule has 1 fully saturated rings. The minimum absolute atomic E-state index is 5.74. The predicted molar refractivity (Wildman–Crippen MR) is 35.7 cm³/mol. The molecule has 13 heteroatoms. The van der Waals surface area contributed by atoms with Crippen LogP contribution in [0.5, 0.6) is 0 Å². The van der Waals surface area contributed by atoms with E-state index >= 15 is 0 Å². The molecule has 0 radical (unpaired) electrons. The molecule has 1 saturated carbocycles. The standard InChI is InChI=1S/C7H2F12O/c8-1-2(9,10)4(12,13)6(16,17)7(18,19)5(14,15)3(1,11)20/h1,20H. The van der Waals surface area contributed by atoms with Crippen LogP contribution in [0.15, 0.2) is 0 Å². The lowest BCUT2D eigenvalue weighted by atomic mass is 9.98. The fourth-order valence-corrected chi connectivity index (χ4v) is 1.38. The third-order valence-corrected chi connectivity index (χ3v) is 2.70. The highest BCUT2D eigenvalue weighted by Gasteiger charge is 2.96. The van der Waals surface area contributed by atoms with Crippen molar-refractivity contribution in [3.63, 3.8) is 0 Å². The highest BCUT2D eigenvalue weighted by atomic mass is 19.4. The fraction of sp³-hybridized carbons (Fsp3) is 1.00. The average molecular weight is 330 g/mol. The summed E-state index contributed by atoms with van der Waals surface area (Å²) < 4.78 is 152. The quantitative estimate of drug-likeness (QED) is 0.534. The molecule has 0 aromatic carbocycles. The lowest BCUT2D eigenvalue weighted by Gasteiger charge is -2.35. The van der Waals surface area contributed by atoms with E-state index in [1.807, 2.05) is 0 Å². The predicted octanol–water partition coefficient (Wildman–Crippen LogP) is 3.17. The van der Waals surface area contributed by atoms with Crippen molar-refractivity contribution in [3.05, 3.63) is 0 Å². The third-order valence-electron chi connectivity index (χ3n) is 2.70. The summed E-state index contributed by atoms with van der Waals surface area (Å²) in [5.41, 5.74) is 0. The summed E-state index contributed by atoms with van der Waals surface area (Å²) >= 11 is 0. The molecule has 1 rings (SSSR count). The molecule has 120 valence electrons. The molecule has 1 nitrogen and oxygen atoms in total. The lowest BCUT2D eigenvalue weighted by Crippen LogP contribution is -2.66. The minimum atomic E-state index is -7.55. The Morgan fingerprint density at radius 1 is 0.550 bits per heavy atom.